The molecule has 0 aliphatic carbocycles. The SMILES string of the molecule is CC(=O)c1c(O)c(C)c(O)c(Cc2c3c(c(O)c4c2OC(c2ccc(O)cc2)CC4=O)C=CC(C)(C)O3)c1O. The number of carbonyl (C=O) groups excluding carboxylic acids is 2. The van der Waals surface area contributed by atoms with Crippen molar-refractivity contribution < 1.29 is 44.6 Å². The average Bonchev–Trinajstić information content (AvgIpc) is 2.86. The molecule has 2 heterocycles. The van der Waals surface area contributed by atoms with E-state index in [0.29, 0.717) is 5.56 Å². The van der Waals surface area contributed by atoms with Crippen molar-refractivity contribution in [2.45, 2.75) is 52.2 Å². The van der Waals surface area contributed by atoms with E-state index in [-0.39, 0.29) is 69.2 Å². The molecular formula is C30H28O9. The van der Waals surface area contributed by atoms with Crippen molar-refractivity contribution in [3.05, 3.63) is 69.3 Å². The van der Waals surface area contributed by atoms with E-state index in [1.807, 2.05) is 0 Å². The van der Waals surface area contributed by atoms with Crippen LogP contribution in [0.25, 0.3) is 6.08 Å². The van der Waals surface area contributed by atoms with Crippen LogP contribution in [0.1, 0.15) is 81.8 Å². The summed E-state index contributed by atoms with van der Waals surface area (Å²) in [6.07, 6.45) is 2.27. The first kappa shape index (κ1) is 26.0. The lowest BCUT2D eigenvalue weighted by molar-refractivity contribution is 0.0839. The summed E-state index contributed by atoms with van der Waals surface area (Å²) < 4.78 is 12.5. The van der Waals surface area contributed by atoms with E-state index in [9.17, 15) is 35.1 Å². The van der Waals surface area contributed by atoms with Crippen LogP contribution in [0.4, 0.5) is 0 Å². The van der Waals surface area contributed by atoms with E-state index in [1.165, 1.54) is 26.0 Å². The standard InChI is InChI=1S/C30H28O9/c1-13-24(34)18(27(37)22(14(2)31)25(13)35)11-19-28-17(9-10-30(3,4)39-28)26(36)23-20(33)12-21(38-29(19)23)15-5-7-16(32)8-6-15/h5-10,21,32,34-37H,11-12H2,1-4H3. The Morgan fingerprint density at radius 3 is 2.26 bits per heavy atom. The number of hydrogen-bond acceptors (Lipinski definition) is 9. The molecular weight excluding hydrogens is 504 g/mol. The van der Waals surface area contributed by atoms with Crippen LogP contribution in [0.5, 0.6) is 40.2 Å². The molecule has 2 aliphatic heterocycles. The zero-order chi connectivity index (χ0) is 28.4. The predicted molar refractivity (Wildman–Crippen MR) is 141 cm³/mol. The van der Waals surface area contributed by atoms with Gasteiger partial charge in [0.15, 0.2) is 11.6 Å². The summed E-state index contributed by atoms with van der Waals surface area (Å²) in [4.78, 5) is 25.7. The smallest absolute Gasteiger partial charge is 0.174 e. The van der Waals surface area contributed by atoms with Crippen LogP contribution in [0.3, 0.4) is 0 Å². The molecule has 3 aromatic carbocycles. The van der Waals surface area contributed by atoms with Gasteiger partial charge in [-0.3, -0.25) is 9.59 Å². The summed E-state index contributed by atoms with van der Waals surface area (Å²) >= 11 is 0. The number of Topliss-reactive ketones (excluding diaryl/α,β-unsaturated/α-hetero) is 2. The monoisotopic (exact) mass is 532 g/mol. The number of phenols is 5. The molecule has 3 aromatic rings. The molecule has 0 bridgehead atoms. The van der Waals surface area contributed by atoms with Crippen LogP contribution in [0.2, 0.25) is 0 Å². The van der Waals surface area contributed by atoms with Gasteiger partial charge in [0.25, 0.3) is 0 Å². The van der Waals surface area contributed by atoms with E-state index in [0.717, 1.165) is 0 Å². The molecule has 5 N–H and O–H groups in total. The quantitative estimate of drug-likeness (QED) is 0.285. The summed E-state index contributed by atoms with van der Waals surface area (Å²) in [6, 6.07) is 6.19. The van der Waals surface area contributed by atoms with Gasteiger partial charge in [-0.15, -0.1) is 0 Å². The second kappa shape index (κ2) is 8.97. The van der Waals surface area contributed by atoms with Crippen LogP contribution in [0, 0.1) is 6.92 Å². The third-order valence-electron chi connectivity index (χ3n) is 7.16. The molecule has 5 rings (SSSR count). The number of ether oxygens (including phenoxy) is 2. The first-order valence-electron chi connectivity index (χ1n) is 12.4. The van der Waals surface area contributed by atoms with Gasteiger partial charge in [0.2, 0.25) is 0 Å². The minimum Gasteiger partial charge on any atom is -0.508 e. The normalized spacial score (nSPS) is 17.1. The summed E-state index contributed by atoms with van der Waals surface area (Å²) in [5.41, 5.74) is -0.187. The number of rotatable bonds is 4. The van der Waals surface area contributed by atoms with Gasteiger partial charge in [-0.2, -0.15) is 0 Å². The summed E-state index contributed by atoms with van der Waals surface area (Å²) in [5, 5.41) is 53.2. The summed E-state index contributed by atoms with van der Waals surface area (Å²) in [6.45, 7) is 6.18. The Balaban J connectivity index is 1.77. The minimum absolute atomic E-state index is 0.00498. The van der Waals surface area contributed by atoms with Gasteiger partial charge in [-0.25, -0.2) is 0 Å². The average molecular weight is 533 g/mol. The Kier molecular flexibility index (Phi) is 5.97. The molecule has 39 heavy (non-hydrogen) atoms. The molecule has 0 aromatic heterocycles. The second-order valence-corrected chi connectivity index (χ2v) is 10.4. The zero-order valence-electron chi connectivity index (χ0n) is 21.8. The third kappa shape index (κ3) is 4.20. The van der Waals surface area contributed by atoms with E-state index >= 15 is 0 Å². The van der Waals surface area contributed by atoms with Crippen molar-refractivity contribution >= 4 is 17.6 Å². The fourth-order valence-corrected chi connectivity index (χ4v) is 5.08. The van der Waals surface area contributed by atoms with Crippen molar-refractivity contribution in [2.75, 3.05) is 0 Å². The highest BCUT2D eigenvalue weighted by molar-refractivity contribution is 6.05. The number of carbonyl (C=O) groups is 2. The molecule has 1 unspecified atom stereocenters. The Labute approximate surface area is 224 Å². The van der Waals surface area contributed by atoms with Crippen molar-refractivity contribution in [3.63, 3.8) is 0 Å². The lowest BCUT2D eigenvalue weighted by atomic mass is 9.86. The first-order chi connectivity index (χ1) is 18.3. The minimum atomic E-state index is -0.809. The molecule has 0 saturated heterocycles. The second-order valence-electron chi connectivity index (χ2n) is 10.4. The Morgan fingerprint density at radius 1 is 0.949 bits per heavy atom. The Morgan fingerprint density at radius 2 is 1.62 bits per heavy atom. The van der Waals surface area contributed by atoms with Crippen molar-refractivity contribution in [1.82, 2.24) is 0 Å². The molecule has 202 valence electrons. The van der Waals surface area contributed by atoms with Crippen LogP contribution >= 0.6 is 0 Å². The molecule has 0 fully saturated rings. The first-order valence-corrected chi connectivity index (χ1v) is 12.4. The zero-order valence-corrected chi connectivity index (χ0v) is 21.8. The highest BCUT2D eigenvalue weighted by atomic mass is 16.5. The van der Waals surface area contributed by atoms with Gasteiger partial charge in [-0.1, -0.05) is 12.1 Å². The molecule has 0 amide bonds. The van der Waals surface area contributed by atoms with Crippen LogP contribution < -0.4 is 9.47 Å². The summed E-state index contributed by atoms with van der Waals surface area (Å²) in [7, 11) is 0. The van der Waals surface area contributed by atoms with E-state index in [1.54, 1.807) is 38.1 Å². The van der Waals surface area contributed by atoms with Gasteiger partial charge < -0.3 is 35.0 Å². The van der Waals surface area contributed by atoms with E-state index in [4.69, 9.17) is 9.47 Å². The summed E-state index contributed by atoms with van der Waals surface area (Å²) in [5.74, 6) is -2.65. The van der Waals surface area contributed by atoms with Crippen LogP contribution in [-0.2, 0) is 6.42 Å². The number of hydrogen-bond donors (Lipinski definition) is 5. The fraction of sp³-hybridized carbons (Fsp3) is 0.267. The van der Waals surface area contributed by atoms with Gasteiger partial charge in [0.05, 0.1) is 12.0 Å². The van der Waals surface area contributed by atoms with E-state index in [2.05, 4.69) is 0 Å². The maximum Gasteiger partial charge on any atom is 0.174 e. The Bertz CT molecular complexity index is 1580. The molecule has 0 spiro atoms. The van der Waals surface area contributed by atoms with Crippen molar-refractivity contribution in [1.29, 1.82) is 0 Å². The van der Waals surface area contributed by atoms with Crippen molar-refractivity contribution in [2.24, 2.45) is 0 Å². The van der Waals surface area contributed by atoms with Gasteiger partial charge in [-0.05, 0) is 57.5 Å². The van der Waals surface area contributed by atoms with Crippen molar-refractivity contribution in [3.8, 4) is 40.2 Å². The third-order valence-corrected chi connectivity index (χ3v) is 7.16. The number of ketones is 2. The fourth-order valence-electron chi connectivity index (χ4n) is 5.08. The molecule has 9 heteroatoms. The lowest BCUT2D eigenvalue weighted by Crippen LogP contribution is -2.30. The maximum atomic E-state index is 13.4. The molecule has 2 aliphatic rings. The van der Waals surface area contributed by atoms with Crippen LogP contribution in [-0.4, -0.2) is 42.7 Å². The number of fused-ring (bicyclic) bond motifs is 2. The topological polar surface area (TPSA) is 154 Å². The number of phenolic OH excluding ortho intramolecular Hbond substituents is 5. The largest absolute Gasteiger partial charge is 0.508 e. The highest BCUT2D eigenvalue weighted by Crippen LogP contribution is 2.53. The number of benzene rings is 3. The van der Waals surface area contributed by atoms with Crippen LogP contribution in [0.15, 0.2) is 30.3 Å². The predicted octanol–water partition coefficient (Wildman–Crippen LogP) is 5.21. The van der Waals surface area contributed by atoms with Gasteiger partial charge in [0.1, 0.15) is 63.1 Å². The Hall–Kier alpha value is -4.66. The highest BCUT2D eigenvalue weighted by Gasteiger charge is 2.39. The van der Waals surface area contributed by atoms with Gasteiger partial charge >= 0.3 is 0 Å². The molecule has 0 saturated carbocycles. The molecule has 9 nitrogen and oxygen atoms in total. The molecule has 0 radical (unpaired) electrons. The molecule has 1 atom stereocenters. The number of aromatic hydroxyl groups is 5. The maximum absolute atomic E-state index is 13.4. The lowest BCUT2D eigenvalue weighted by Gasteiger charge is -2.34. The van der Waals surface area contributed by atoms with E-state index < -0.39 is 40.5 Å². The van der Waals surface area contributed by atoms with Gasteiger partial charge in [0, 0.05) is 23.1 Å².